The van der Waals surface area contributed by atoms with Crippen LogP contribution in [0.3, 0.4) is 0 Å². The van der Waals surface area contributed by atoms with Crippen molar-refractivity contribution < 1.29 is 0 Å². The second-order valence-corrected chi connectivity index (χ2v) is 6.40. The predicted octanol–water partition coefficient (Wildman–Crippen LogP) is 2.89. The maximum absolute atomic E-state index is 3.64. The van der Waals surface area contributed by atoms with Crippen LogP contribution in [0.5, 0.6) is 0 Å². The van der Waals surface area contributed by atoms with Crippen LogP contribution in [0.15, 0.2) is 0 Å². The van der Waals surface area contributed by atoms with Gasteiger partial charge < -0.3 is 10.2 Å². The quantitative estimate of drug-likeness (QED) is 0.792. The third-order valence-corrected chi connectivity index (χ3v) is 4.66. The molecule has 2 heteroatoms. The zero-order valence-electron chi connectivity index (χ0n) is 11.8. The average Bonchev–Trinajstić information content (AvgIpc) is 2.82. The molecule has 1 atom stereocenters. The van der Waals surface area contributed by atoms with Crippen LogP contribution in [0.25, 0.3) is 0 Å². The normalized spacial score (nSPS) is 28.1. The Hall–Kier alpha value is -0.0800. The van der Waals surface area contributed by atoms with Crippen molar-refractivity contribution in [2.45, 2.75) is 58.4 Å². The number of piperazine rings is 1. The molecular formula is C15H30N2. The maximum atomic E-state index is 3.64. The van der Waals surface area contributed by atoms with Crippen molar-refractivity contribution in [3.8, 4) is 0 Å². The monoisotopic (exact) mass is 238 g/mol. The van der Waals surface area contributed by atoms with E-state index in [0.29, 0.717) is 0 Å². The second kappa shape index (κ2) is 6.75. The topological polar surface area (TPSA) is 15.3 Å². The summed E-state index contributed by atoms with van der Waals surface area (Å²) in [6.07, 6.45) is 8.92. The van der Waals surface area contributed by atoms with Gasteiger partial charge in [-0.2, -0.15) is 0 Å². The van der Waals surface area contributed by atoms with Crippen molar-refractivity contribution in [1.82, 2.24) is 10.2 Å². The van der Waals surface area contributed by atoms with E-state index in [1.54, 1.807) is 0 Å². The van der Waals surface area contributed by atoms with Gasteiger partial charge in [0.05, 0.1) is 0 Å². The van der Waals surface area contributed by atoms with Crippen LogP contribution < -0.4 is 5.32 Å². The molecule has 0 bridgehead atoms. The molecule has 2 nitrogen and oxygen atoms in total. The Morgan fingerprint density at radius 1 is 1.24 bits per heavy atom. The van der Waals surface area contributed by atoms with Gasteiger partial charge >= 0.3 is 0 Å². The Balaban J connectivity index is 1.61. The van der Waals surface area contributed by atoms with Gasteiger partial charge in [-0.1, -0.05) is 39.5 Å². The van der Waals surface area contributed by atoms with Crippen molar-refractivity contribution in [2.24, 2.45) is 11.8 Å². The largest absolute Gasteiger partial charge is 0.311 e. The van der Waals surface area contributed by atoms with Gasteiger partial charge in [0.2, 0.25) is 0 Å². The summed E-state index contributed by atoms with van der Waals surface area (Å²) in [6, 6.07) is 0.718. The van der Waals surface area contributed by atoms with E-state index in [4.69, 9.17) is 0 Å². The van der Waals surface area contributed by atoms with Gasteiger partial charge in [0.25, 0.3) is 0 Å². The van der Waals surface area contributed by atoms with Crippen LogP contribution in [0.1, 0.15) is 52.4 Å². The Bertz CT molecular complexity index is 209. The molecule has 1 unspecified atom stereocenters. The van der Waals surface area contributed by atoms with E-state index in [0.717, 1.165) is 17.9 Å². The smallest absolute Gasteiger partial charge is 0.0218 e. The summed E-state index contributed by atoms with van der Waals surface area (Å²) in [5.41, 5.74) is 0. The molecule has 1 heterocycles. The molecule has 0 amide bonds. The molecule has 17 heavy (non-hydrogen) atoms. The molecule has 1 aliphatic heterocycles. The maximum Gasteiger partial charge on any atom is 0.0218 e. The summed E-state index contributed by atoms with van der Waals surface area (Å²) >= 11 is 0. The van der Waals surface area contributed by atoms with Crippen LogP contribution in [-0.4, -0.2) is 37.1 Å². The lowest BCUT2D eigenvalue weighted by Crippen LogP contribution is -2.52. The number of rotatable bonds is 5. The molecule has 0 aromatic rings. The Morgan fingerprint density at radius 2 is 2.00 bits per heavy atom. The summed E-state index contributed by atoms with van der Waals surface area (Å²) in [5.74, 6) is 1.84. The first-order chi connectivity index (χ1) is 8.25. The van der Waals surface area contributed by atoms with E-state index >= 15 is 0 Å². The fourth-order valence-corrected chi connectivity index (χ4v) is 3.39. The van der Waals surface area contributed by atoms with Crippen molar-refractivity contribution >= 4 is 0 Å². The number of hydrogen-bond donors (Lipinski definition) is 1. The first-order valence-corrected chi connectivity index (χ1v) is 7.71. The Labute approximate surface area is 107 Å². The minimum atomic E-state index is 0.718. The molecule has 2 rings (SSSR count). The fourth-order valence-electron chi connectivity index (χ4n) is 3.39. The molecule has 0 radical (unpaired) electrons. The van der Waals surface area contributed by atoms with Gasteiger partial charge in [0, 0.05) is 25.7 Å². The highest BCUT2D eigenvalue weighted by molar-refractivity contribution is 4.80. The summed E-state index contributed by atoms with van der Waals surface area (Å²) in [4.78, 5) is 2.68. The van der Waals surface area contributed by atoms with Crippen LogP contribution >= 0.6 is 0 Å². The summed E-state index contributed by atoms with van der Waals surface area (Å²) in [6.45, 7) is 9.71. The van der Waals surface area contributed by atoms with Gasteiger partial charge in [-0.3, -0.25) is 0 Å². The van der Waals surface area contributed by atoms with Gasteiger partial charge in [-0.25, -0.2) is 0 Å². The van der Waals surface area contributed by atoms with Crippen molar-refractivity contribution in [3.63, 3.8) is 0 Å². The van der Waals surface area contributed by atoms with Crippen molar-refractivity contribution in [3.05, 3.63) is 0 Å². The number of nitrogens with one attached hydrogen (secondary N) is 1. The van der Waals surface area contributed by atoms with Crippen LogP contribution in [0.4, 0.5) is 0 Å². The van der Waals surface area contributed by atoms with Gasteiger partial charge in [0.15, 0.2) is 0 Å². The molecule has 1 saturated carbocycles. The molecule has 0 aromatic heterocycles. The Morgan fingerprint density at radius 3 is 2.71 bits per heavy atom. The lowest BCUT2D eigenvalue weighted by Gasteiger charge is -2.35. The molecule has 100 valence electrons. The first kappa shape index (κ1) is 13.4. The lowest BCUT2D eigenvalue weighted by atomic mass is 10.00. The molecule has 2 fully saturated rings. The zero-order chi connectivity index (χ0) is 12.1. The minimum absolute atomic E-state index is 0.718. The predicted molar refractivity (Wildman–Crippen MR) is 74.3 cm³/mol. The highest BCUT2D eigenvalue weighted by Crippen LogP contribution is 2.28. The summed E-state index contributed by atoms with van der Waals surface area (Å²) in [5, 5.41) is 3.64. The molecular weight excluding hydrogens is 208 g/mol. The summed E-state index contributed by atoms with van der Waals surface area (Å²) in [7, 11) is 0. The van der Waals surface area contributed by atoms with Gasteiger partial charge in [-0.05, 0) is 31.2 Å². The molecule has 2 aliphatic rings. The number of nitrogens with zero attached hydrogens (tertiary/aromatic N) is 1. The standard InChI is InChI=1S/C15H30N2/c1-13(2)15-12-17(11-9-16-15)10-5-8-14-6-3-4-7-14/h13-16H,3-12H2,1-2H3. The first-order valence-electron chi connectivity index (χ1n) is 7.71. The number of hydrogen-bond acceptors (Lipinski definition) is 2. The van der Waals surface area contributed by atoms with Gasteiger partial charge in [0.1, 0.15) is 0 Å². The van der Waals surface area contributed by atoms with E-state index in [9.17, 15) is 0 Å². The second-order valence-electron chi connectivity index (χ2n) is 6.40. The van der Waals surface area contributed by atoms with Crippen LogP contribution in [-0.2, 0) is 0 Å². The SMILES string of the molecule is CC(C)C1CN(CCCC2CCCC2)CCN1. The highest BCUT2D eigenvalue weighted by Gasteiger charge is 2.21. The Kier molecular flexibility index (Phi) is 5.30. The lowest BCUT2D eigenvalue weighted by molar-refractivity contribution is 0.170. The molecule has 0 spiro atoms. The third kappa shape index (κ3) is 4.26. The van der Waals surface area contributed by atoms with Crippen LogP contribution in [0.2, 0.25) is 0 Å². The molecule has 1 N–H and O–H groups in total. The van der Waals surface area contributed by atoms with Crippen molar-refractivity contribution in [1.29, 1.82) is 0 Å². The van der Waals surface area contributed by atoms with E-state index in [1.807, 2.05) is 0 Å². The highest BCUT2D eigenvalue weighted by atomic mass is 15.2. The van der Waals surface area contributed by atoms with Gasteiger partial charge in [-0.15, -0.1) is 0 Å². The summed E-state index contributed by atoms with van der Waals surface area (Å²) < 4.78 is 0. The molecule has 0 aromatic carbocycles. The average molecular weight is 238 g/mol. The van der Waals surface area contributed by atoms with Crippen molar-refractivity contribution in [2.75, 3.05) is 26.2 Å². The molecule has 1 aliphatic carbocycles. The van der Waals surface area contributed by atoms with E-state index in [1.165, 1.54) is 64.7 Å². The zero-order valence-corrected chi connectivity index (χ0v) is 11.8. The fraction of sp³-hybridized carbons (Fsp3) is 1.00. The van der Waals surface area contributed by atoms with Crippen LogP contribution in [0, 0.1) is 11.8 Å². The third-order valence-electron chi connectivity index (χ3n) is 4.66. The van der Waals surface area contributed by atoms with E-state index in [-0.39, 0.29) is 0 Å². The van der Waals surface area contributed by atoms with E-state index in [2.05, 4.69) is 24.1 Å². The minimum Gasteiger partial charge on any atom is -0.311 e. The molecule has 1 saturated heterocycles. The van der Waals surface area contributed by atoms with E-state index < -0.39 is 0 Å².